The SMILES string of the molecule is CCc1cc(OCc2ccc3nc(-c4ccc(C(F)(F)F)cc4)sc3c2)ccc1CCC(=O)O. The van der Waals surface area contributed by atoms with Crippen LogP contribution in [0, 0.1) is 0 Å². The third-order valence-electron chi connectivity index (χ3n) is 5.48. The van der Waals surface area contributed by atoms with Crippen molar-refractivity contribution in [2.24, 2.45) is 0 Å². The molecule has 0 atom stereocenters. The zero-order valence-electron chi connectivity index (χ0n) is 18.4. The van der Waals surface area contributed by atoms with Gasteiger partial charge >= 0.3 is 12.1 Å². The predicted octanol–water partition coefficient (Wildman–Crippen LogP) is 7.14. The van der Waals surface area contributed by atoms with E-state index in [1.807, 2.05) is 43.3 Å². The molecular weight excluding hydrogens is 463 g/mol. The molecule has 0 saturated carbocycles. The van der Waals surface area contributed by atoms with Gasteiger partial charge in [0, 0.05) is 12.0 Å². The summed E-state index contributed by atoms with van der Waals surface area (Å²) >= 11 is 1.42. The second-order valence-electron chi connectivity index (χ2n) is 7.86. The summed E-state index contributed by atoms with van der Waals surface area (Å²) in [6, 6.07) is 16.5. The Labute approximate surface area is 198 Å². The van der Waals surface area contributed by atoms with Crippen LogP contribution in [0.1, 0.15) is 35.6 Å². The molecule has 0 spiro atoms. The van der Waals surface area contributed by atoms with E-state index in [1.54, 1.807) is 0 Å². The Morgan fingerprint density at radius 1 is 1.03 bits per heavy atom. The highest BCUT2D eigenvalue weighted by atomic mass is 32.1. The molecule has 176 valence electrons. The molecule has 0 amide bonds. The Morgan fingerprint density at radius 2 is 1.79 bits per heavy atom. The third-order valence-corrected chi connectivity index (χ3v) is 6.55. The van der Waals surface area contributed by atoms with E-state index in [2.05, 4.69) is 4.98 Å². The normalized spacial score (nSPS) is 11.6. The molecule has 0 bridgehead atoms. The summed E-state index contributed by atoms with van der Waals surface area (Å²) in [6.07, 6.45) is -3.00. The number of nitrogens with zero attached hydrogens (tertiary/aromatic N) is 1. The number of rotatable bonds is 8. The Balaban J connectivity index is 1.47. The Bertz CT molecular complexity index is 1310. The zero-order chi connectivity index (χ0) is 24.3. The third kappa shape index (κ3) is 5.56. The maximum Gasteiger partial charge on any atom is 0.416 e. The maximum absolute atomic E-state index is 12.8. The fourth-order valence-electron chi connectivity index (χ4n) is 3.66. The first-order valence-corrected chi connectivity index (χ1v) is 11.6. The number of aliphatic carboxylic acids is 1. The number of hydrogen-bond acceptors (Lipinski definition) is 4. The highest BCUT2D eigenvalue weighted by Crippen LogP contribution is 2.34. The van der Waals surface area contributed by atoms with Gasteiger partial charge in [-0.2, -0.15) is 13.2 Å². The predicted molar refractivity (Wildman–Crippen MR) is 126 cm³/mol. The van der Waals surface area contributed by atoms with E-state index in [-0.39, 0.29) is 6.42 Å². The minimum atomic E-state index is -4.36. The standard InChI is InChI=1S/C26H22F3NO3S/c1-2-17-14-21(10-6-18(17)7-12-24(31)32)33-15-16-3-11-22-23(13-16)34-25(30-22)19-4-8-20(9-5-19)26(27,28)29/h3-6,8-11,13-14H,2,7,12,15H2,1H3,(H,31,32). The van der Waals surface area contributed by atoms with Crippen LogP contribution in [-0.2, 0) is 30.4 Å². The van der Waals surface area contributed by atoms with Crippen molar-refractivity contribution in [2.45, 2.75) is 39.0 Å². The average molecular weight is 486 g/mol. The molecule has 4 nitrogen and oxygen atoms in total. The molecule has 3 aromatic carbocycles. The Morgan fingerprint density at radius 3 is 2.47 bits per heavy atom. The van der Waals surface area contributed by atoms with Gasteiger partial charge < -0.3 is 9.84 Å². The Hall–Kier alpha value is -3.39. The summed E-state index contributed by atoms with van der Waals surface area (Å²) < 4.78 is 45.3. The van der Waals surface area contributed by atoms with Gasteiger partial charge in [0.05, 0.1) is 15.8 Å². The van der Waals surface area contributed by atoms with Gasteiger partial charge in [0.25, 0.3) is 0 Å². The highest BCUT2D eigenvalue weighted by Gasteiger charge is 2.30. The summed E-state index contributed by atoms with van der Waals surface area (Å²) in [7, 11) is 0. The number of alkyl halides is 3. The van der Waals surface area contributed by atoms with Crippen LogP contribution in [0.2, 0.25) is 0 Å². The molecule has 0 fully saturated rings. The van der Waals surface area contributed by atoms with Gasteiger partial charge in [0.15, 0.2) is 0 Å². The van der Waals surface area contributed by atoms with Crippen molar-refractivity contribution < 1.29 is 27.8 Å². The second kappa shape index (κ2) is 9.85. The van der Waals surface area contributed by atoms with E-state index < -0.39 is 17.7 Å². The molecule has 4 rings (SSSR count). The number of halogens is 3. The van der Waals surface area contributed by atoms with Crippen molar-refractivity contribution in [3.8, 4) is 16.3 Å². The van der Waals surface area contributed by atoms with Crippen molar-refractivity contribution >= 4 is 27.5 Å². The van der Waals surface area contributed by atoms with E-state index in [9.17, 15) is 18.0 Å². The molecule has 0 saturated heterocycles. The van der Waals surface area contributed by atoms with Crippen molar-refractivity contribution in [3.05, 3.63) is 82.9 Å². The largest absolute Gasteiger partial charge is 0.489 e. The summed E-state index contributed by atoms with van der Waals surface area (Å²) in [5, 5.41) is 9.57. The highest BCUT2D eigenvalue weighted by molar-refractivity contribution is 7.21. The number of carboxylic acid groups (broad SMARTS) is 1. The topological polar surface area (TPSA) is 59.4 Å². The van der Waals surface area contributed by atoms with Crippen LogP contribution in [0.5, 0.6) is 5.75 Å². The zero-order valence-corrected chi connectivity index (χ0v) is 19.2. The van der Waals surface area contributed by atoms with Crippen molar-refractivity contribution in [1.29, 1.82) is 0 Å². The molecule has 4 aromatic rings. The molecule has 34 heavy (non-hydrogen) atoms. The monoisotopic (exact) mass is 485 g/mol. The fourth-order valence-corrected chi connectivity index (χ4v) is 4.69. The first-order valence-electron chi connectivity index (χ1n) is 10.8. The van der Waals surface area contributed by atoms with Crippen molar-refractivity contribution in [1.82, 2.24) is 4.98 Å². The molecule has 0 radical (unpaired) electrons. The number of ether oxygens (including phenoxy) is 1. The van der Waals surface area contributed by atoms with Gasteiger partial charge in [-0.05, 0) is 65.9 Å². The van der Waals surface area contributed by atoms with Crippen LogP contribution in [0.25, 0.3) is 20.8 Å². The van der Waals surface area contributed by atoms with Crippen LogP contribution in [-0.4, -0.2) is 16.1 Å². The molecule has 8 heteroatoms. The molecule has 1 heterocycles. The molecule has 1 aromatic heterocycles. The second-order valence-corrected chi connectivity index (χ2v) is 8.89. The van der Waals surface area contributed by atoms with Crippen molar-refractivity contribution in [2.75, 3.05) is 0 Å². The lowest BCUT2D eigenvalue weighted by molar-refractivity contribution is -0.138. The smallest absolute Gasteiger partial charge is 0.416 e. The number of aromatic nitrogens is 1. The summed E-state index contributed by atoms with van der Waals surface area (Å²) in [6.45, 7) is 2.37. The maximum atomic E-state index is 12.8. The van der Waals surface area contributed by atoms with Crippen LogP contribution in [0.4, 0.5) is 13.2 Å². The molecular formula is C26H22F3NO3S. The molecule has 0 aliphatic rings. The number of benzene rings is 3. The minimum Gasteiger partial charge on any atom is -0.489 e. The molecule has 0 aliphatic heterocycles. The number of hydrogen-bond donors (Lipinski definition) is 1. The first-order chi connectivity index (χ1) is 16.2. The number of carbonyl (C=O) groups is 1. The number of aryl methyl sites for hydroxylation is 2. The van der Waals surface area contributed by atoms with Gasteiger partial charge in [0.1, 0.15) is 17.4 Å². The molecule has 0 unspecified atom stereocenters. The van der Waals surface area contributed by atoms with Crippen LogP contribution in [0.15, 0.2) is 60.7 Å². The van der Waals surface area contributed by atoms with E-state index in [0.717, 1.165) is 45.5 Å². The average Bonchev–Trinajstić information content (AvgIpc) is 3.24. The summed E-state index contributed by atoms with van der Waals surface area (Å²) in [5.41, 5.74) is 3.76. The van der Waals surface area contributed by atoms with Crippen molar-refractivity contribution in [3.63, 3.8) is 0 Å². The van der Waals surface area contributed by atoms with Crippen LogP contribution < -0.4 is 4.74 Å². The first kappa shape index (κ1) is 23.8. The van der Waals surface area contributed by atoms with E-state index in [4.69, 9.17) is 9.84 Å². The van der Waals surface area contributed by atoms with E-state index >= 15 is 0 Å². The summed E-state index contributed by atoms with van der Waals surface area (Å²) in [5.74, 6) is -0.104. The molecule has 0 aliphatic carbocycles. The van der Waals surface area contributed by atoms with Gasteiger partial charge in [-0.15, -0.1) is 11.3 Å². The molecule has 1 N–H and O–H groups in total. The van der Waals surface area contributed by atoms with Crippen LogP contribution >= 0.6 is 11.3 Å². The minimum absolute atomic E-state index is 0.0938. The van der Waals surface area contributed by atoms with Gasteiger partial charge in [-0.1, -0.05) is 31.2 Å². The lowest BCUT2D eigenvalue weighted by Crippen LogP contribution is -2.03. The fraction of sp³-hybridized carbons (Fsp3) is 0.231. The summed E-state index contributed by atoms with van der Waals surface area (Å²) in [4.78, 5) is 15.4. The van der Waals surface area contributed by atoms with Gasteiger partial charge in [0.2, 0.25) is 0 Å². The lowest BCUT2D eigenvalue weighted by atomic mass is 10.0. The Kier molecular flexibility index (Phi) is 6.88. The quantitative estimate of drug-likeness (QED) is 0.288. The number of thiazole rings is 1. The number of fused-ring (bicyclic) bond motifs is 1. The van der Waals surface area contributed by atoms with Crippen LogP contribution in [0.3, 0.4) is 0 Å². The lowest BCUT2D eigenvalue weighted by Gasteiger charge is -2.11. The number of carboxylic acids is 1. The van der Waals surface area contributed by atoms with Gasteiger partial charge in [-0.3, -0.25) is 4.79 Å². The van der Waals surface area contributed by atoms with Gasteiger partial charge in [-0.25, -0.2) is 4.98 Å². The van der Waals surface area contributed by atoms with E-state index in [0.29, 0.717) is 29.3 Å². The van der Waals surface area contributed by atoms with E-state index in [1.165, 1.54) is 23.5 Å².